The summed E-state index contributed by atoms with van der Waals surface area (Å²) >= 11 is 5.34. The molecule has 1 heterocycles. The Hall–Kier alpha value is -4.39. The lowest BCUT2D eigenvalue weighted by Gasteiger charge is -2.20. The average molecular weight is 575 g/mol. The van der Waals surface area contributed by atoms with Crippen molar-refractivity contribution in [3.05, 3.63) is 89.2 Å². The highest BCUT2D eigenvalue weighted by molar-refractivity contribution is 7.80. The van der Waals surface area contributed by atoms with E-state index in [0.29, 0.717) is 22.2 Å². The molecule has 4 aromatic rings. The van der Waals surface area contributed by atoms with E-state index in [-0.39, 0.29) is 0 Å². The van der Waals surface area contributed by atoms with Gasteiger partial charge in [0.05, 0.1) is 11.9 Å². The van der Waals surface area contributed by atoms with Crippen LogP contribution in [-0.4, -0.2) is 38.4 Å². The molecule has 13 heteroatoms. The number of thiocarbonyl (C=S) groups is 1. The molecule has 208 valence electrons. The third-order valence-electron chi connectivity index (χ3n) is 5.63. The highest BCUT2D eigenvalue weighted by atomic mass is 32.1. The molecule has 0 aliphatic rings. The van der Waals surface area contributed by atoms with Gasteiger partial charge >= 0.3 is 12.3 Å². The number of hydrazone groups is 1. The molecule has 0 unspecified atom stereocenters. The molecule has 0 bridgehead atoms. The van der Waals surface area contributed by atoms with E-state index in [1.807, 2.05) is 20.8 Å². The highest BCUT2D eigenvalue weighted by Crippen LogP contribution is 2.37. The van der Waals surface area contributed by atoms with Gasteiger partial charge in [0.2, 0.25) is 0 Å². The topological polar surface area (TPSA) is 76.4 Å². The third kappa shape index (κ3) is 6.78. The average Bonchev–Trinajstić information content (AvgIpc) is 3.36. The van der Waals surface area contributed by atoms with Crippen molar-refractivity contribution < 1.29 is 26.7 Å². The molecule has 40 heavy (non-hydrogen) atoms. The van der Waals surface area contributed by atoms with Crippen molar-refractivity contribution in [2.75, 3.05) is 5.32 Å². The number of benzene rings is 3. The van der Waals surface area contributed by atoms with Crippen LogP contribution < -0.4 is 15.5 Å². The first-order valence-corrected chi connectivity index (χ1v) is 12.2. The smallest absolute Gasteiger partial charge is 0.426 e. The fraction of sp³-hybridized carbons (Fsp3) is 0.185. The zero-order chi connectivity index (χ0) is 29.1. The zero-order valence-corrected chi connectivity index (χ0v) is 22.2. The number of aryl methyl sites for hydroxylation is 3. The Balaban J connectivity index is 1.35. The van der Waals surface area contributed by atoms with Crippen LogP contribution in [-0.2, 0) is 0 Å². The first-order valence-electron chi connectivity index (χ1n) is 11.8. The van der Waals surface area contributed by atoms with Crippen molar-refractivity contribution in [2.24, 2.45) is 5.10 Å². The van der Waals surface area contributed by atoms with Crippen LogP contribution >= 0.6 is 12.2 Å². The van der Waals surface area contributed by atoms with Crippen LogP contribution in [0.25, 0.3) is 17.1 Å². The summed E-state index contributed by atoms with van der Waals surface area (Å²) in [5, 5.41) is 12.0. The molecular weight excluding hydrogens is 551 g/mol. The Bertz CT molecular complexity index is 1510. The molecule has 0 radical (unpaired) electrons. The van der Waals surface area contributed by atoms with Crippen molar-refractivity contribution in [1.29, 1.82) is 0 Å². The van der Waals surface area contributed by atoms with Crippen LogP contribution in [0.15, 0.2) is 72.1 Å². The Morgan fingerprint density at radius 3 is 2.17 bits per heavy atom. The van der Waals surface area contributed by atoms with E-state index in [0.717, 1.165) is 34.5 Å². The number of ether oxygens (including phenoxy) is 1. The lowest BCUT2D eigenvalue weighted by Crippen LogP contribution is -2.41. The lowest BCUT2D eigenvalue weighted by atomic mass is 10.1. The Morgan fingerprint density at radius 1 is 0.950 bits per heavy atom. The van der Waals surface area contributed by atoms with E-state index in [1.54, 1.807) is 30.5 Å². The van der Waals surface area contributed by atoms with Gasteiger partial charge in [-0.05, 0) is 73.9 Å². The fourth-order valence-corrected chi connectivity index (χ4v) is 3.95. The van der Waals surface area contributed by atoms with Crippen molar-refractivity contribution in [2.45, 2.75) is 33.1 Å². The van der Waals surface area contributed by atoms with Gasteiger partial charge in [0.25, 0.3) is 0 Å². The number of nitrogens with zero attached hydrogens (tertiary/aromatic N) is 4. The molecule has 0 saturated heterocycles. The number of nitrogens with one attached hydrogen (secondary N) is 2. The van der Waals surface area contributed by atoms with Gasteiger partial charge in [-0.1, -0.05) is 42.0 Å². The second-order valence-electron chi connectivity index (χ2n) is 8.84. The third-order valence-corrected chi connectivity index (χ3v) is 5.83. The SMILES string of the molecule is Cc1cc(C)c(NC(=S)N/N=C/c2ccc(-c3ncn(-c4ccc(OC(F)(F)C(F)(F)F)cc4)n3)cc2)c(C)c1. The summed E-state index contributed by atoms with van der Waals surface area (Å²) in [6.45, 7) is 6.04. The number of anilines is 1. The maximum atomic E-state index is 13.1. The van der Waals surface area contributed by atoms with Gasteiger partial charge in [0.15, 0.2) is 10.9 Å². The van der Waals surface area contributed by atoms with Gasteiger partial charge < -0.3 is 10.1 Å². The van der Waals surface area contributed by atoms with Crippen LogP contribution in [0, 0.1) is 20.8 Å². The standard InChI is InChI=1S/C27H23F5N6OS/c1-16-12-17(2)23(18(3)13-16)35-25(40)36-34-14-19-4-6-20(7-5-19)24-33-15-38(37-24)21-8-10-22(11-9-21)39-27(31,32)26(28,29)30/h4-15H,1-3H3,(H2,35,36,40)/b34-14+. The molecule has 2 N–H and O–H groups in total. The summed E-state index contributed by atoms with van der Waals surface area (Å²) in [5.41, 5.74) is 8.92. The predicted octanol–water partition coefficient (Wildman–Crippen LogP) is 6.71. The van der Waals surface area contributed by atoms with Gasteiger partial charge in [-0.3, -0.25) is 5.43 Å². The van der Waals surface area contributed by atoms with E-state index in [1.165, 1.54) is 28.7 Å². The molecule has 0 aliphatic heterocycles. The van der Waals surface area contributed by atoms with E-state index < -0.39 is 18.0 Å². The Kier molecular flexibility index (Phi) is 8.14. The normalized spacial score (nSPS) is 12.0. The monoisotopic (exact) mass is 574 g/mol. The quantitative estimate of drug-likeness (QED) is 0.111. The molecule has 4 rings (SSSR count). The minimum Gasteiger partial charge on any atom is -0.426 e. The van der Waals surface area contributed by atoms with Gasteiger partial charge in [-0.25, -0.2) is 9.67 Å². The van der Waals surface area contributed by atoms with Crippen molar-refractivity contribution in [1.82, 2.24) is 20.2 Å². The van der Waals surface area contributed by atoms with Gasteiger partial charge in [0, 0.05) is 11.3 Å². The van der Waals surface area contributed by atoms with Crippen LogP contribution in [0.3, 0.4) is 0 Å². The number of hydrogen-bond acceptors (Lipinski definition) is 5. The second kappa shape index (κ2) is 11.4. The number of halogens is 5. The molecular formula is C27H23F5N6OS. The number of hydrogen-bond donors (Lipinski definition) is 2. The van der Waals surface area contributed by atoms with E-state index in [2.05, 4.69) is 42.8 Å². The van der Waals surface area contributed by atoms with Crippen molar-refractivity contribution in [3.63, 3.8) is 0 Å². The molecule has 0 aliphatic carbocycles. The Labute approximate surface area is 231 Å². The molecule has 1 aromatic heterocycles. The first kappa shape index (κ1) is 28.6. The van der Waals surface area contributed by atoms with Gasteiger partial charge in [-0.2, -0.15) is 27.1 Å². The van der Waals surface area contributed by atoms with Gasteiger partial charge in [-0.15, -0.1) is 5.10 Å². The molecule has 0 amide bonds. The molecule has 0 atom stereocenters. The molecule has 0 saturated carbocycles. The molecule has 0 spiro atoms. The van der Waals surface area contributed by atoms with E-state index >= 15 is 0 Å². The second-order valence-corrected chi connectivity index (χ2v) is 9.25. The number of rotatable bonds is 7. The minimum absolute atomic E-state index is 0.353. The lowest BCUT2D eigenvalue weighted by molar-refractivity contribution is -0.360. The predicted molar refractivity (Wildman–Crippen MR) is 146 cm³/mol. The van der Waals surface area contributed by atoms with Crippen LogP contribution in [0.2, 0.25) is 0 Å². The van der Waals surface area contributed by atoms with Crippen molar-refractivity contribution in [3.8, 4) is 22.8 Å². The first-order chi connectivity index (χ1) is 18.8. The van der Waals surface area contributed by atoms with Crippen LogP contribution in [0.4, 0.5) is 27.6 Å². The minimum atomic E-state index is -5.82. The molecule has 7 nitrogen and oxygen atoms in total. The summed E-state index contributed by atoms with van der Waals surface area (Å²) < 4.78 is 68.3. The van der Waals surface area contributed by atoms with Gasteiger partial charge in [0.1, 0.15) is 12.1 Å². The molecule has 3 aromatic carbocycles. The van der Waals surface area contributed by atoms with Crippen molar-refractivity contribution >= 4 is 29.2 Å². The van der Waals surface area contributed by atoms with E-state index in [4.69, 9.17) is 12.2 Å². The van der Waals surface area contributed by atoms with Crippen LogP contribution in [0.5, 0.6) is 5.75 Å². The fourth-order valence-electron chi connectivity index (χ4n) is 3.79. The summed E-state index contributed by atoms with van der Waals surface area (Å²) in [6, 6.07) is 15.9. The summed E-state index contributed by atoms with van der Waals surface area (Å²) in [7, 11) is 0. The maximum Gasteiger partial charge on any atom is 0.499 e. The van der Waals surface area contributed by atoms with Crippen LogP contribution in [0.1, 0.15) is 22.3 Å². The number of alkyl halides is 5. The molecule has 0 fully saturated rings. The Morgan fingerprint density at radius 2 is 1.57 bits per heavy atom. The number of aromatic nitrogens is 3. The highest BCUT2D eigenvalue weighted by Gasteiger charge is 2.61. The van der Waals surface area contributed by atoms with E-state index in [9.17, 15) is 22.0 Å². The summed E-state index contributed by atoms with van der Waals surface area (Å²) in [5.74, 6) is -0.269. The summed E-state index contributed by atoms with van der Waals surface area (Å²) in [6.07, 6.45) is -8.14. The maximum absolute atomic E-state index is 13.1. The summed E-state index contributed by atoms with van der Waals surface area (Å²) in [4.78, 5) is 4.23. The zero-order valence-electron chi connectivity index (χ0n) is 21.4. The largest absolute Gasteiger partial charge is 0.499 e.